The fourth-order valence-corrected chi connectivity index (χ4v) is 3.60. The van der Waals surface area contributed by atoms with Crippen molar-refractivity contribution < 1.29 is 4.79 Å². The highest BCUT2D eigenvalue weighted by atomic mass is 16.2. The minimum Gasteiger partial charge on any atom is -0.341 e. The molecule has 0 aromatic heterocycles. The van der Waals surface area contributed by atoms with Gasteiger partial charge < -0.3 is 10.2 Å². The average Bonchev–Trinajstić information content (AvgIpc) is 2.68. The van der Waals surface area contributed by atoms with E-state index in [9.17, 15) is 4.79 Å². The zero-order valence-electron chi connectivity index (χ0n) is 12.5. The van der Waals surface area contributed by atoms with E-state index in [2.05, 4.69) is 17.1 Å². The van der Waals surface area contributed by atoms with E-state index in [1.165, 1.54) is 44.9 Å². The van der Waals surface area contributed by atoms with Gasteiger partial charge in [0.05, 0.1) is 0 Å². The summed E-state index contributed by atoms with van der Waals surface area (Å²) in [4.78, 5) is 14.5. The van der Waals surface area contributed by atoms with Crippen molar-refractivity contribution in [2.75, 3.05) is 19.6 Å². The van der Waals surface area contributed by atoms with Crippen LogP contribution < -0.4 is 5.32 Å². The van der Waals surface area contributed by atoms with E-state index in [1.807, 2.05) is 0 Å². The van der Waals surface area contributed by atoms with Gasteiger partial charge in [-0.3, -0.25) is 4.79 Å². The Balaban J connectivity index is 1.78. The van der Waals surface area contributed by atoms with E-state index < -0.39 is 0 Å². The van der Waals surface area contributed by atoms with Crippen molar-refractivity contribution in [3.8, 4) is 0 Å². The van der Waals surface area contributed by atoms with Gasteiger partial charge in [-0.15, -0.1) is 0 Å². The molecule has 1 heterocycles. The molecule has 2 rings (SSSR count). The van der Waals surface area contributed by atoms with E-state index in [-0.39, 0.29) is 0 Å². The molecular weight excluding hydrogens is 236 g/mol. The highest BCUT2D eigenvalue weighted by molar-refractivity contribution is 5.76. The quantitative estimate of drug-likeness (QED) is 0.794. The Bertz CT molecular complexity index is 270. The molecule has 3 nitrogen and oxygen atoms in total. The standard InChI is InChI=1S/C16H30N2O/c1-2-17-15-10-7-11-18(13-15)16(19)12-14-8-5-3-4-6-9-14/h14-15,17H,2-13H2,1H3. The highest BCUT2D eigenvalue weighted by Gasteiger charge is 2.25. The van der Waals surface area contributed by atoms with Crippen molar-refractivity contribution >= 4 is 5.91 Å². The van der Waals surface area contributed by atoms with Crippen molar-refractivity contribution in [2.45, 2.75) is 70.8 Å². The molecule has 2 aliphatic rings. The van der Waals surface area contributed by atoms with E-state index in [1.54, 1.807) is 0 Å². The number of rotatable bonds is 4. The summed E-state index contributed by atoms with van der Waals surface area (Å²) >= 11 is 0. The molecule has 1 saturated carbocycles. The van der Waals surface area contributed by atoms with Crippen LogP contribution in [0.5, 0.6) is 0 Å². The fraction of sp³-hybridized carbons (Fsp3) is 0.938. The van der Waals surface area contributed by atoms with Gasteiger partial charge in [0, 0.05) is 25.6 Å². The smallest absolute Gasteiger partial charge is 0.222 e. The molecule has 19 heavy (non-hydrogen) atoms. The largest absolute Gasteiger partial charge is 0.341 e. The molecule has 1 amide bonds. The first-order chi connectivity index (χ1) is 9.29. The molecule has 1 aliphatic carbocycles. The number of likely N-dealkylation sites (N-methyl/N-ethyl adjacent to an activating group) is 1. The maximum Gasteiger partial charge on any atom is 0.222 e. The number of piperidine rings is 1. The third-order valence-electron chi connectivity index (χ3n) is 4.70. The van der Waals surface area contributed by atoms with Gasteiger partial charge in [0.2, 0.25) is 5.91 Å². The van der Waals surface area contributed by atoms with E-state index in [0.717, 1.165) is 32.5 Å². The van der Waals surface area contributed by atoms with Crippen LogP contribution >= 0.6 is 0 Å². The van der Waals surface area contributed by atoms with Gasteiger partial charge in [-0.1, -0.05) is 32.6 Å². The minimum absolute atomic E-state index is 0.412. The summed E-state index contributed by atoms with van der Waals surface area (Å²) in [6.45, 7) is 5.06. The maximum absolute atomic E-state index is 12.4. The van der Waals surface area contributed by atoms with Crippen LogP contribution in [-0.4, -0.2) is 36.5 Å². The lowest BCUT2D eigenvalue weighted by molar-refractivity contribution is -0.133. The highest BCUT2D eigenvalue weighted by Crippen LogP contribution is 2.26. The zero-order valence-corrected chi connectivity index (χ0v) is 12.5. The second-order valence-corrected chi connectivity index (χ2v) is 6.30. The van der Waals surface area contributed by atoms with E-state index >= 15 is 0 Å². The van der Waals surface area contributed by atoms with Crippen molar-refractivity contribution in [1.82, 2.24) is 10.2 Å². The Kier molecular flexibility index (Phi) is 6.15. The number of amides is 1. The molecule has 0 spiro atoms. The van der Waals surface area contributed by atoms with Crippen molar-refractivity contribution in [3.05, 3.63) is 0 Å². The molecule has 3 heteroatoms. The van der Waals surface area contributed by atoms with Crippen LogP contribution in [-0.2, 0) is 4.79 Å². The molecule has 1 aliphatic heterocycles. The Morgan fingerprint density at radius 3 is 2.53 bits per heavy atom. The number of hydrogen-bond donors (Lipinski definition) is 1. The monoisotopic (exact) mass is 266 g/mol. The van der Waals surface area contributed by atoms with Crippen LogP contribution in [0.1, 0.15) is 64.7 Å². The average molecular weight is 266 g/mol. The predicted octanol–water partition coefficient (Wildman–Crippen LogP) is 2.95. The molecule has 1 N–H and O–H groups in total. The first-order valence-electron chi connectivity index (χ1n) is 8.30. The van der Waals surface area contributed by atoms with Crippen LogP contribution in [0.3, 0.4) is 0 Å². The zero-order chi connectivity index (χ0) is 13.5. The second kappa shape index (κ2) is 7.88. The van der Waals surface area contributed by atoms with Crippen LogP contribution in [0, 0.1) is 5.92 Å². The summed E-state index contributed by atoms with van der Waals surface area (Å²) in [5.41, 5.74) is 0. The SMILES string of the molecule is CCNC1CCCN(C(=O)CC2CCCCCC2)C1. The van der Waals surface area contributed by atoms with Crippen LogP contribution in [0.15, 0.2) is 0 Å². The predicted molar refractivity (Wildman–Crippen MR) is 79.1 cm³/mol. The van der Waals surface area contributed by atoms with Crippen LogP contribution in [0.4, 0.5) is 0 Å². The molecule has 1 unspecified atom stereocenters. The molecule has 1 saturated heterocycles. The lowest BCUT2D eigenvalue weighted by Gasteiger charge is -2.34. The first-order valence-corrected chi connectivity index (χ1v) is 8.30. The lowest BCUT2D eigenvalue weighted by Crippen LogP contribution is -2.48. The van der Waals surface area contributed by atoms with Crippen LogP contribution in [0.25, 0.3) is 0 Å². The Hall–Kier alpha value is -0.570. The third-order valence-corrected chi connectivity index (χ3v) is 4.70. The topological polar surface area (TPSA) is 32.3 Å². The van der Waals surface area contributed by atoms with Gasteiger partial charge in [-0.2, -0.15) is 0 Å². The molecule has 1 atom stereocenters. The number of carbonyl (C=O) groups excluding carboxylic acids is 1. The molecule has 110 valence electrons. The van der Waals surface area contributed by atoms with Gasteiger partial charge in [0.15, 0.2) is 0 Å². The Morgan fingerprint density at radius 2 is 1.84 bits per heavy atom. The molecule has 2 fully saturated rings. The third kappa shape index (κ3) is 4.79. The van der Waals surface area contributed by atoms with Crippen molar-refractivity contribution in [3.63, 3.8) is 0 Å². The lowest BCUT2D eigenvalue weighted by atomic mass is 9.95. The molecular formula is C16H30N2O. The molecule has 0 aromatic rings. The van der Waals surface area contributed by atoms with Gasteiger partial charge >= 0.3 is 0 Å². The molecule has 0 bridgehead atoms. The number of carbonyl (C=O) groups is 1. The summed E-state index contributed by atoms with van der Waals surface area (Å²) in [7, 11) is 0. The second-order valence-electron chi connectivity index (χ2n) is 6.30. The number of likely N-dealkylation sites (tertiary alicyclic amines) is 1. The first kappa shape index (κ1) is 14.8. The number of nitrogens with zero attached hydrogens (tertiary/aromatic N) is 1. The Labute approximate surface area is 118 Å². The summed E-state index contributed by atoms with van der Waals surface area (Å²) in [5, 5.41) is 3.49. The Morgan fingerprint density at radius 1 is 1.11 bits per heavy atom. The fourth-order valence-electron chi connectivity index (χ4n) is 3.60. The minimum atomic E-state index is 0.412. The van der Waals surface area contributed by atoms with E-state index in [4.69, 9.17) is 0 Å². The van der Waals surface area contributed by atoms with Crippen molar-refractivity contribution in [1.29, 1.82) is 0 Å². The van der Waals surface area contributed by atoms with Gasteiger partial charge in [-0.25, -0.2) is 0 Å². The molecule has 0 radical (unpaired) electrons. The van der Waals surface area contributed by atoms with E-state index in [0.29, 0.717) is 17.9 Å². The summed E-state index contributed by atoms with van der Waals surface area (Å²) < 4.78 is 0. The summed E-state index contributed by atoms with van der Waals surface area (Å²) in [5.74, 6) is 1.07. The summed E-state index contributed by atoms with van der Waals surface area (Å²) in [6.07, 6.45) is 11.1. The van der Waals surface area contributed by atoms with Crippen LogP contribution in [0.2, 0.25) is 0 Å². The van der Waals surface area contributed by atoms with Crippen molar-refractivity contribution in [2.24, 2.45) is 5.92 Å². The van der Waals surface area contributed by atoms with Gasteiger partial charge in [0.25, 0.3) is 0 Å². The van der Waals surface area contributed by atoms with Gasteiger partial charge in [0.1, 0.15) is 0 Å². The van der Waals surface area contributed by atoms with Gasteiger partial charge in [-0.05, 0) is 38.1 Å². The summed E-state index contributed by atoms with van der Waals surface area (Å²) in [6, 6.07) is 0.525. The molecule has 0 aromatic carbocycles. The normalized spacial score (nSPS) is 26.2. The number of hydrogen-bond acceptors (Lipinski definition) is 2. The maximum atomic E-state index is 12.4. The number of nitrogens with one attached hydrogen (secondary N) is 1.